The number of guanidine groups is 1. The van der Waals surface area contributed by atoms with E-state index < -0.39 is 0 Å². The van der Waals surface area contributed by atoms with Crippen molar-refractivity contribution in [3.8, 4) is 0 Å². The van der Waals surface area contributed by atoms with Crippen molar-refractivity contribution in [2.75, 3.05) is 26.2 Å². The van der Waals surface area contributed by atoms with Crippen LogP contribution in [0.5, 0.6) is 0 Å². The van der Waals surface area contributed by atoms with Gasteiger partial charge >= 0.3 is 0 Å². The summed E-state index contributed by atoms with van der Waals surface area (Å²) in [5, 5.41) is 13.4. The molecule has 20 heavy (non-hydrogen) atoms. The summed E-state index contributed by atoms with van der Waals surface area (Å²) in [4.78, 5) is 6.81. The Morgan fingerprint density at radius 2 is 2.25 bits per heavy atom. The van der Waals surface area contributed by atoms with E-state index in [9.17, 15) is 5.11 Å². The van der Waals surface area contributed by atoms with Crippen molar-refractivity contribution in [1.82, 2.24) is 10.2 Å². The molecule has 5 heteroatoms. The molecule has 3 rings (SSSR count). The third-order valence-electron chi connectivity index (χ3n) is 5.16. The second-order valence-electron chi connectivity index (χ2n) is 6.87. The smallest absolute Gasteiger partial charge is 0.194 e. The zero-order valence-corrected chi connectivity index (χ0v) is 12.8. The average Bonchev–Trinajstić information content (AvgIpc) is 3.02. The van der Waals surface area contributed by atoms with Crippen LogP contribution in [0, 0.1) is 11.3 Å². The van der Waals surface area contributed by atoms with E-state index in [2.05, 4.69) is 36.0 Å². The molecule has 2 heterocycles. The first-order valence-corrected chi connectivity index (χ1v) is 7.89. The number of hydrogen-bond donors (Lipinski definition) is 2. The maximum absolute atomic E-state index is 9.73. The van der Waals surface area contributed by atoms with Crippen LogP contribution >= 0.6 is 0 Å². The zero-order chi connectivity index (χ0) is 14.3. The Morgan fingerprint density at radius 1 is 1.45 bits per heavy atom. The van der Waals surface area contributed by atoms with Crippen LogP contribution in [0.4, 0.5) is 0 Å². The van der Waals surface area contributed by atoms with Gasteiger partial charge < -0.3 is 20.1 Å². The van der Waals surface area contributed by atoms with Crippen molar-refractivity contribution in [1.29, 1.82) is 0 Å². The summed E-state index contributed by atoms with van der Waals surface area (Å²) in [5.41, 5.74) is 0.161. The highest BCUT2D eigenvalue weighted by Crippen LogP contribution is 2.52. The molecule has 2 N–H and O–H groups in total. The summed E-state index contributed by atoms with van der Waals surface area (Å²) in [7, 11) is 0. The normalized spacial score (nSPS) is 39.6. The molecule has 3 fully saturated rings. The molecule has 114 valence electrons. The number of fused-ring (bicyclic) bond motifs is 1. The minimum absolute atomic E-state index is 0.161. The monoisotopic (exact) mass is 281 g/mol. The van der Waals surface area contributed by atoms with Crippen LogP contribution in [0.25, 0.3) is 0 Å². The highest BCUT2D eigenvalue weighted by Gasteiger charge is 2.59. The van der Waals surface area contributed by atoms with Gasteiger partial charge in [0.15, 0.2) is 5.96 Å². The standard InChI is InChI=1S/C15H27N3O2/c1-4-16-14(18-7-5-10(19)9-18)17-12-11-6-8-20-13(11)15(12,2)3/h10-13,19H,4-9H2,1-3H3,(H,16,17)/t10-,11?,12?,13?/m1/s1. The van der Waals surface area contributed by atoms with E-state index >= 15 is 0 Å². The predicted molar refractivity (Wildman–Crippen MR) is 78.7 cm³/mol. The molecule has 0 spiro atoms. The summed E-state index contributed by atoms with van der Waals surface area (Å²) in [6.45, 7) is 9.86. The number of nitrogens with one attached hydrogen (secondary N) is 1. The molecule has 1 saturated carbocycles. The van der Waals surface area contributed by atoms with Crippen LogP contribution in [-0.4, -0.2) is 60.5 Å². The second kappa shape index (κ2) is 5.19. The number of aliphatic imine (C=N–C) groups is 1. The zero-order valence-electron chi connectivity index (χ0n) is 12.8. The van der Waals surface area contributed by atoms with E-state index in [4.69, 9.17) is 4.74 Å². The van der Waals surface area contributed by atoms with Crippen LogP contribution in [-0.2, 0) is 4.74 Å². The summed E-state index contributed by atoms with van der Waals surface area (Å²) in [5.74, 6) is 1.58. The van der Waals surface area contributed by atoms with Gasteiger partial charge in [-0.2, -0.15) is 0 Å². The second-order valence-corrected chi connectivity index (χ2v) is 6.87. The van der Waals surface area contributed by atoms with Gasteiger partial charge in [-0.25, -0.2) is 0 Å². The quantitative estimate of drug-likeness (QED) is 0.581. The van der Waals surface area contributed by atoms with E-state index in [1.807, 2.05) is 0 Å². The van der Waals surface area contributed by atoms with Gasteiger partial charge in [0, 0.05) is 43.6 Å². The lowest BCUT2D eigenvalue weighted by Crippen LogP contribution is -2.68. The van der Waals surface area contributed by atoms with E-state index in [1.165, 1.54) is 0 Å². The van der Waals surface area contributed by atoms with Crippen LogP contribution in [0.1, 0.15) is 33.6 Å². The predicted octanol–water partition coefficient (Wildman–Crippen LogP) is 0.832. The first-order chi connectivity index (χ1) is 9.54. The van der Waals surface area contributed by atoms with Crippen LogP contribution < -0.4 is 5.32 Å². The topological polar surface area (TPSA) is 57.1 Å². The molecule has 2 saturated heterocycles. The maximum Gasteiger partial charge on any atom is 0.194 e. The third kappa shape index (κ3) is 2.21. The molecule has 0 bridgehead atoms. The van der Waals surface area contributed by atoms with Gasteiger partial charge in [0.25, 0.3) is 0 Å². The maximum atomic E-state index is 9.73. The van der Waals surface area contributed by atoms with Crippen molar-refractivity contribution in [3.63, 3.8) is 0 Å². The van der Waals surface area contributed by atoms with Crippen molar-refractivity contribution >= 4 is 5.96 Å². The molecule has 0 aromatic heterocycles. The molecule has 3 aliphatic rings. The number of hydrogen-bond acceptors (Lipinski definition) is 3. The number of ether oxygens (including phenoxy) is 1. The van der Waals surface area contributed by atoms with Crippen molar-refractivity contribution in [3.05, 3.63) is 0 Å². The minimum Gasteiger partial charge on any atom is -0.391 e. The Labute approximate surface area is 121 Å². The van der Waals surface area contributed by atoms with E-state index in [0.29, 0.717) is 24.6 Å². The van der Waals surface area contributed by atoms with Gasteiger partial charge in [-0.1, -0.05) is 13.8 Å². The average molecular weight is 281 g/mol. The molecule has 0 aromatic carbocycles. The van der Waals surface area contributed by atoms with Crippen LogP contribution in [0.2, 0.25) is 0 Å². The molecule has 0 amide bonds. The summed E-state index contributed by atoms with van der Waals surface area (Å²) >= 11 is 0. The summed E-state index contributed by atoms with van der Waals surface area (Å²) in [6, 6.07) is 0.429. The van der Waals surface area contributed by atoms with Gasteiger partial charge in [0.05, 0.1) is 12.2 Å². The third-order valence-corrected chi connectivity index (χ3v) is 5.16. The fourth-order valence-corrected chi connectivity index (χ4v) is 4.08. The molecular formula is C15H27N3O2. The highest BCUT2D eigenvalue weighted by atomic mass is 16.5. The molecular weight excluding hydrogens is 254 g/mol. The number of aliphatic hydroxyl groups excluding tert-OH is 1. The molecule has 1 aliphatic carbocycles. The van der Waals surface area contributed by atoms with Gasteiger partial charge in [0.2, 0.25) is 0 Å². The van der Waals surface area contributed by atoms with Crippen molar-refractivity contribution in [2.24, 2.45) is 16.3 Å². The Morgan fingerprint density at radius 3 is 2.90 bits per heavy atom. The Kier molecular flexibility index (Phi) is 3.67. The SMILES string of the molecule is CCN=C(NC1C2CCOC2C1(C)C)N1CC[C@@H](O)C1. The number of aliphatic hydroxyl groups is 1. The van der Waals surface area contributed by atoms with Gasteiger partial charge in [-0.15, -0.1) is 0 Å². The van der Waals surface area contributed by atoms with Crippen LogP contribution in [0.3, 0.4) is 0 Å². The number of likely N-dealkylation sites (tertiary alicyclic amines) is 1. The Balaban J connectivity index is 1.69. The minimum atomic E-state index is -0.212. The fraction of sp³-hybridized carbons (Fsp3) is 0.933. The van der Waals surface area contributed by atoms with Gasteiger partial charge in [0.1, 0.15) is 0 Å². The highest BCUT2D eigenvalue weighted by molar-refractivity contribution is 5.81. The van der Waals surface area contributed by atoms with E-state index in [1.54, 1.807) is 0 Å². The Hall–Kier alpha value is -0.810. The molecule has 0 radical (unpaired) electrons. The molecule has 2 aliphatic heterocycles. The number of nitrogens with zero attached hydrogens (tertiary/aromatic N) is 2. The van der Waals surface area contributed by atoms with Gasteiger partial charge in [-0.3, -0.25) is 4.99 Å². The molecule has 3 unspecified atom stereocenters. The lowest BCUT2D eigenvalue weighted by Gasteiger charge is -2.55. The lowest BCUT2D eigenvalue weighted by atomic mass is 9.57. The summed E-state index contributed by atoms with van der Waals surface area (Å²) in [6.07, 6.45) is 2.17. The van der Waals surface area contributed by atoms with Crippen molar-refractivity contribution < 1.29 is 9.84 Å². The largest absolute Gasteiger partial charge is 0.391 e. The molecule has 4 atom stereocenters. The molecule has 5 nitrogen and oxygen atoms in total. The first kappa shape index (κ1) is 14.1. The Bertz CT molecular complexity index is 397. The summed E-state index contributed by atoms with van der Waals surface area (Å²) < 4.78 is 5.85. The number of rotatable bonds is 2. The fourth-order valence-electron chi connectivity index (χ4n) is 4.08. The van der Waals surface area contributed by atoms with Crippen molar-refractivity contribution in [2.45, 2.75) is 51.9 Å². The number of β-amino-alcohol motifs (C(OH)–C–C–N with tert-alkyl or cyclic N) is 1. The van der Waals surface area contributed by atoms with E-state index in [-0.39, 0.29) is 11.5 Å². The van der Waals surface area contributed by atoms with Crippen LogP contribution in [0.15, 0.2) is 4.99 Å². The molecule has 0 aromatic rings. The van der Waals surface area contributed by atoms with E-state index in [0.717, 1.165) is 38.5 Å². The first-order valence-electron chi connectivity index (χ1n) is 7.89. The lowest BCUT2D eigenvalue weighted by molar-refractivity contribution is -0.107. The van der Waals surface area contributed by atoms with Gasteiger partial charge in [-0.05, 0) is 19.8 Å².